The summed E-state index contributed by atoms with van der Waals surface area (Å²) in [7, 11) is 3.46. The molecular weight excluding hydrogens is 292 g/mol. The second kappa shape index (κ2) is 6.18. The van der Waals surface area contributed by atoms with Crippen molar-refractivity contribution < 1.29 is 9.59 Å². The normalized spacial score (nSPS) is 18.6. The number of hydrogen-bond donors (Lipinski definition) is 0. The third-order valence-electron chi connectivity index (χ3n) is 3.28. The summed E-state index contributed by atoms with van der Waals surface area (Å²) in [6.07, 6.45) is 0. The van der Waals surface area contributed by atoms with E-state index in [-0.39, 0.29) is 17.9 Å². The molecule has 4 nitrogen and oxygen atoms in total. The van der Waals surface area contributed by atoms with E-state index in [1.165, 1.54) is 16.2 Å². The van der Waals surface area contributed by atoms with Crippen LogP contribution in [0.4, 0.5) is 0 Å². The summed E-state index contributed by atoms with van der Waals surface area (Å²) in [5, 5.41) is 0. The van der Waals surface area contributed by atoms with Gasteiger partial charge in [0, 0.05) is 24.7 Å². The van der Waals surface area contributed by atoms with Crippen LogP contribution in [0.5, 0.6) is 0 Å². The number of likely N-dealkylation sites (N-methyl/N-ethyl adjacent to an activating group) is 1. The molecule has 1 unspecified atom stereocenters. The van der Waals surface area contributed by atoms with E-state index in [9.17, 15) is 9.59 Å². The summed E-state index contributed by atoms with van der Waals surface area (Å²) in [5.41, 5.74) is 0. The van der Waals surface area contributed by atoms with Crippen molar-refractivity contribution in [2.45, 2.75) is 25.8 Å². The zero-order valence-electron chi connectivity index (χ0n) is 12.3. The lowest BCUT2D eigenvalue weighted by atomic mass is 10.2. The van der Waals surface area contributed by atoms with E-state index in [0.717, 1.165) is 4.88 Å². The minimum Gasteiger partial charge on any atom is -0.347 e. The van der Waals surface area contributed by atoms with Crippen LogP contribution in [0.15, 0.2) is 12.1 Å². The Bertz CT molecular complexity index is 511. The summed E-state index contributed by atoms with van der Waals surface area (Å²) in [6, 6.07) is 3.56. The first-order chi connectivity index (χ1) is 9.41. The number of rotatable bonds is 3. The molecule has 1 aromatic heterocycles. The number of hydrogen-bond acceptors (Lipinski definition) is 4. The fourth-order valence-electron chi connectivity index (χ4n) is 2.07. The Morgan fingerprint density at radius 2 is 2.05 bits per heavy atom. The van der Waals surface area contributed by atoms with Crippen LogP contribution in [0.25, 0.3) is 0 Å². The molecule has 0 saturated carbocycles. The van der Waals surface area contributed by atoms with Crippen LogP contribution in [0, 0.1) is 0 Å². The van der Waals surface area contributed by atoms with Crippen molar-refractivity contribution >= 4 is 34.9 Å². The smallest absolute Gasteiger partial charge is 0.265 e. The van der Waals surface area contributed by atoms with Crippen molar-refractivity contribution in [3.63, 3.8) is 0 Å². The molecule has 2 amide bonds. The van der Waals surface area contributed by atoms with Gasteiger partial charge in [0.1, 0.15) is 6.04 Å². The standard InChI is InChI=1S/C14H20N2O2S2/c1-9(2)11-5-6-12(20-11)14(18)16-8-19-7-10(16)13(17)15(3)4/h5-6,9-10H,7-8H2,1-4H3. The monoisotopic (exact) mass is 312 g/mol. The number of thioether (sulfide) groups is 1. The molecular formula is C14H20N2O2S2. The van der Waals surface area contributed by atoms with E-state index in [0.29, 0.717) is 17.5 Å². The fraction of sp³-hybridized carbons (Fsp3) is 0.571. The first kappa shape index (κ1) is 15.4. The molecule has 0 bridgehead atoms. The SMILES string of the molecule is CC(C)c1ccc(C(=O)N2CSCC2C(=O)N(C)C)s1. The summed E-state index contributed by atoms with van der Waals surface area (Å²) < 4.78 is 0. The first-order valence-electron chi connectivity index (χ1n) is 6.61. The molecule has 20 heavy (non-hydrogen) atoms. The Labute approximate surface area is 128 Å². The quantitative estimate of drug-likeness (QED) is 0.861. The topological polar surface area (TPSA) is 40.6 Å². The molecule has 1 fully saturated rings. The molecule has 1 aliphatic rings. The highest BCUT2D eigenvalue weighted by atomic mass is 32.2. The van der Waals surface area contributed by atoms with E-state index in [4.69, 9.17) is 0 Å². The van der Waals surface area contributed by atoms with Crippen molar-refractivity contribution in [3.8, 4) is 0 Å². The van der Waals surface area contributed by atoms with Gasteiger partial charge >= 0.3 is 0 Å². The van der Waals surface area contributed by atoms with Gasteiger partial charge in [0.15, 0.2) is 0 Å². The summed E-state index contributed by atoms with van der Waals surface area (Å²) in [5.74, 6) is 1.69. The van der Waals surface area contributed by atoms with Crippen LogP contribution < -0.4 is 0 Å². The fourth-order valence-corrected chi connectivity index (χ4v) is 4.18. The van der Waals surface area contributed by atoms with Crippen molar-refractivity contribution in [3.05, 3.63) is 21.9 Å². The summed E-state index contributed by atoms with van der Waals surface area (Å²) in [4.78, 5) is 29.9. The third-order valence-corrected chi connectivity index (χ3v) is 5.66. The van der Waals surface area contributed by atoms with Gasteiger partial charge in [0.05, 0.1) is 10.8 Å². The second-order valence-electron chi connectivity index (χ2n) is 5.38. The van der Waals surface area contributed by atoms with Gasteiger partial charge in [-0.25, -0.2) is 0 Å². The number of amides is 2. The predicted octanol–water partition coefficient (Wildman–Crippen LogP) is 2.47. The molecule has 1 atom stereocenters. The highest BCUT2D eigenvalue weighted by Crippen LogP contribution is 2.29. The van der Waals surface area contributed by atoms with Gasteiger partial charge in [-0.3, -0.25) is 9.59 Å². The first-order valence-corrected chi connectivity index (χ1v) is 8.58. The molecule has 1 aromatic rings. The van der Waals surface area contributed by atoms with E-state index < -0.39 is 0 Å². The van der Waals surface area contributed by atoms with Crippen molar-refractivity contribution in [2.75, 3.05) is 25.7 Å². The van der Waals surface area contributed by atoms with E-state index >= 15 is 0 Å². The average molecular weight is 312 g/mol. The summed E-state index contributed by atoms with van der Waals surface area (Å²) >= 11 is 3.17. The van der Waals surface area contributed by atoms with Crippen LogP contribution in [-0.2, 0) is 4.79 Å². The molecule has 2 heterocycles. The molecule has 0 N–H and O–H groups in total. The van der Waals surface area contributed by atoms with Gasteiger partial charge in [-0.1, -0.05) is 13.8 Å². The van der Waals surface area contributed by atoms with Crippen LogP contribution in [-0.4, -0.2) is 53.4 Å². The number of nitrogens with zero attached hydrogens (tertiary/aromatic N) is 2. The number of carbonyl (C=O) groups is 2. The van der Waals surface area contributed by atoms with E-state index in [1.807, 2.05) is 12.1 Å². The Balaban J connectivity index is 2.16. The van der Waals surface area contributed by atoms with Crippen LogP contribution in [0.3, 0.4) is 0 Å². The Morgan fingerprint density at radius 1 is 1.35 bits per heavy atom. The van der Waals surface area contributed by atoms with Crippen molar-refractivity contribution in [1.29, 1.82) is 0 Å². The minimum atomic E-state index is -0.327. The van der Waals surface area contributed by atoms with Gasteiger partial charge in [0.2, 0.25) is 5.91 Å². The van der Waals surface area contributed by atoms with Crippen LogP contribution >= 0.6 is 23.1 Å². The molecule has 1 saturated heterocycles. The van der Waals surface area contributed by atoms with Crippen molar-refractivity contribution in [1.82, 2.24) is 9.80 Å². The molecule has 0 aliphatic carbocycles. The lowest BCUT2D eigenvalue weighted by molar-refractivity contribution is -0.132. The number of thiophene rings is 1. The predicted molar refractivity (Wildman–Crippen MR) is 84.4 cm³/mol. The lowest BCUT2D eigenvalue weighted by Crippen LogP contribution is -2.46. The van der Waals surface area contributed by atoms with Gasteiger partial charge in [-0.2, -0.15) is 0 Å². The van der Waals surface area contributed by atoms with E-state index in [1.54, 1.807) is 35.7 Å². The average Bonchev–Trinajstić information content (AvgIpc) is 3.05. The highest BCUT2D eigenvalue weighted by Gasteiger charge is 2.36. The maximum Gasteiger partial charge on any atom is 0.265 e. The number of carbonyl (C=O) groups excluding carboxylic acids is 2. The second-order valence-corrected chi connectivity index (χ2v) is 7.50. The minimum absolute atomic E-state index is 0.00369. The van der Waals surface area contributed by atoms with Crippen molar-refractivity contribution in [2.24, 2.45) is 0 Å². The maximum atomic E-state index is 12.6. The Hall–Kier alpha value is -1.01. The van der Waals surface area contributed by atoms with Gasteiger partial charge < -0.3 is 9.80 Å². The van der Waals surface area contributed by atoms with Crippen LogP contribution in [0.1, 0.15) is 34.3 Å². The molecule has 0 radical (unpaired) electrons. The summed E-state index contributed by atoms with van der Waals surface area (Å²) in [6.45, 7) is 4.23. The molecule has 0 aromatic carbocycles. The Morgan fingerprint density at radius 3 is 2.60 bits per heavy atom. The van der Waals surface area contributed by atoms with Gasteiger partial charge in [-0.05, 0) is 18.1 Å². The van der Waals surface area contributed by atoms with Gasteiger partial charge in [0.25, 0.3) is 5.91 Å². The molecule has 1 aliphatic heterocycles. The zero-order valence-corrected chi connectivity index (χ0v) is 13.9. The molecule has 6 heteroatoms. The molecule has 110 valence electrons. The molecule has 0 spiro atoms. The highest BCUT2D eigenvalue weighted by molar-refractivity contribution is 7.99. The Kier molecular flexibility index (Phi) is 4.75. The van der Waals surface area contributed by atoms with E-state index in [2.05, 4.69) is 13.8 Å². The van der Waals surface area contributed by atoms with Crippen LogP contribution in [0.2, 0.25) is 0 Å². The lowest BCUT2D eigenvalue weighted by Gasteiger charge is -2.24. The maximum absolute atomic E-state index is 12.6. The zero-order chi connectivity index (χ0) is 14.9. The van der Waals surface area contributed by atoms with Gasteiger partial charge in [-0.15, -0.1) is 23.1 Å². The third kappa shape index (κ3) is 3.01. The largest absolute Gasteiger partial charge is 0.347 e. The molecule has 2 rings (SSSR count).